The standard InChI is InChI=1S/C16H13BrF3NO3S/c1-2-10-21(13-6-4-3-5-7-13)25(22,23)15-9-8-12(17)11-14(15)24-16(18,19)20/h2-9,11H,1,10H2. The van der Waals surface area contributed by atoms with Gasteiger partial charge in [0.25, 0.3) is 10.0 Å². The van der Waals surface area contributed by atoms with Crippen molar-refractivity contribution in [2.24, 2.45) is 0 Å². The van der Waals surface area contributed by atoms with Gasteiger partial charge >= 0.3 is 6.36 Å². The molecule has 2 aromatic carbocycles. The van der Waals surface area contributed by atoms with E-state index in [1.54, 1.807) is 18.2 Å². The molecule has 4 nitrogen and oxygen atoms in total. The van der Waals surface area contributed by atoms with Gasteiger partial charge < -0.3 is 4.74 Å². The maximum Gasteiger partial charge on any atom is 0.573 e. The van der Waals surface area contributed by atoms with Crippen molar-refractivity contribution in [3.63, 3.8) is 0 Å². The van der Waals surface area contributed by atoms with Crippen molar-refractivity contribution in [1.29, 1.82) is 0 Å². The lowest BCUT2D eigenvalue weighted by molar-refractivity contribution is -0.275. The average Bonchev–Trinajstić information content (AvgIpc) is 2.51. The van der Waals surface area contributed by atoms with Crippen LogP contribution in [0.1, 0.15) is 0 Å². The van der Waals surface area contributed by atoms with Crippen LogP contribution in [0.15, 0.2) is 70.6 Å². The van der Waals surface area contributed by atoms with E-state index >= 15 is 0 Å². The second-order valence-electron chi connectivity index (χ2n) is 4.80. The first kappa shape index (κ1) is 19.3. The molecule has 0 N–H and O–H groups in total. The van der Waals surface area contributed by atoms with Gasteiger partial charge in [-0.25, -0.2) is 8.42 Å². The molecule has 0 aromatic heterocycles. The molecule has 9 heteroatoms. The average molecular weight is 436 g/mol. The Labute approximate surface area is 151 Å². The van der Waals surface area contributed by atoms with E-state index in [1.165, 1.54) is 24.3 Å². The van der Waals surface area contributed by atoms with Crippen molar-refractivity contribution in [2.75, 3.05) is 10.8 Å². The van der Waals surface area contributed by atoms with Crippen molar-refractivity contribution >= 4 is 31.6 Å². The van der Waals surface area contributed by atoms with Gasteiger partial charge in [-0.2, -0.15) is 0 Å². The number of benzene rings is 2. The maximum atomic E-state index is 13.0. The third-order valence-electron chi connectivity index (χ3n) is 3.04. The zero-order valence-corrected chi connectivity index (χ0v) is 15.1. The summed E-state index contributed by atoms with van der Waals surface area (Å²) in [6, 6.07) is 11.3. The molecule has 0 aliphatic heterocycles. The molecule has 0 amide bonds. The van der Waals surface area contributed by atoms with E-state index in [2.05, 4.69) is 27.2 Å². The largest absolute Gasteiger partial charge is 0.573 e. The van der Waals surface area contributed by atoms with Gasteiger partial charge in [-0.3, -0.25) is 4.31 Å². The predicted molar refractivity (Wildman–Crippen MR) is 92.0 cm³/mol. The van der Waals surface area contributed by atoms with Crippen LogP contribution in [0.3, 0.4) is 0 Å². The van der Waals surface area contributed by atoms with Gasteiger partial charge in [0, 0.05) is 4.47 Å². The zero-order valence-electron chi connectivity index (χ0n) is 12.7. The first-order valence-electron chi connectivity index (χ1n) is 6.89. The Hall–Kier alpha value is -2.00. The van der Waals surface area contributed by atoms with Crippen LogP contribution < -0.4 is 9.04 Å². The van der Waals surface area contributed by atoms with Crippen molar-refractivity contribution in [3.05, 3.63) is 65.7 Å². The van der Waals surface area contributed by atoms with Crippen molar-refractivity contribution in [1.82, 2.24) is 0 Å². The van der Waals surface area contributed by atoms with Gasteiger partial charge in [0.1, 0.15) is 4.90 Å². The highest BCUT2D eigenvalue weighted by molar-refractivity contribution is 9.10. The summed E-state index contributed by atoms with van der Waals surface area (Å²) >= 11 is 3.01. The van der Waals surface area contributed by atoms with Crippen LogP contribution in [-0.4, -0.2) is 21.3 Å². The summed E-state index contributed by atoms with van der Waals surface area (Å²) in [5.74, 6) is -0.813. The van der Waals surface area contributed by atoms with Crippen molar-refractivity contribution in [2.45, 2.75) is 11.3 Å². The zero-order chi connectivity index (χ0) is 18.7. The molecule has 0 bridgehead atoms. The highest BCUT2D eigenvalue weighted by Crippen LogP contribution is 2.35. The minimum Gasteiger partial charge on any atom is -0.404 e. The number of alkyl halides is 3. The maximum absolute atomic E-state index is 13.0. The summed E-state index contributed by atoms with van der Waals surface area (Å²) in [6.45, 7) is 3.39. The minimum atomic E-state index is -5.03. The van der Waals surface area contributed by atoms with Crippen LogP contribution in [0.25, 0.3) is 0 Å². The van der Waals surface area contributed by atoms with E-state index < -0.39 is 27.0 Å². The number of rotatable bonds is 6. The number of hydrogen-bond acceptors (Lipinski definition) is 3. The molecule has 0 spiro atoms. The lowest BCUT2D eigenvalue weighted by Gasteiger charge is -2.24. The molecule has 0 saturated heterocycles. The normalized spacial score (nSPS) is 11.8. The SMILES string of the molecule is C=CCN(c1ccccc1)S(=O)(=O)c1ccc(Br)cc1OC(F)(F)F. The number of ether oxygens (including phenoxy) is 1. The lowest BCUT2D eigenvalue weighted by atomic mass is 10.3. The van der Waals surface area contributed by atoms with Crippen molar-refractivity contribution < 1.29 is 26.3 Å². The van der Waals surface area contributed by atoms with Gasteiger partial charge in [-0.1, -0.05) is 40.2 Å². The molecule has 0 saturated carbocycles. The molecule has 2 rings (SSSR count). The quantitative estimate of drug-likeness (QED) is 0.616. The Balaban J connectivity index is 2.59. The molecule has 0 atom stereocenters. The number of anilines is 1. The molecule has 0 fully saturated rings. The highest BCUT2D eigenvalue weighted by atomic mass is 79.9. The van der Waals surface area contributed by atoms with E-state index in [0.29, 0.717) is 5.69 Å². The fraction of sp³-hybridized carbons (Fsp3) is 0.125. The van der Waals surface area contributed by atoms with Gasteiger partial charge in [0.05, 0.1) is 12.2 Å². The summed E-state index contributed by atoms with van der Waals surface area (Å²) in [7, 11) is -4.32. The predicted octanol–water partition coefficient (Wildman–Crippen LogP) is 4.73. The Bertz CT molecular complexity index is 855. The number of halogens is 4. The lowest BCUT2D eigenvalue weighted by Crippen LogP contribution is -2.32. The minimum absolute atomic E-state index is 0.117. The van der Waals surface area contributed by atoms with E-state index in [9.17, 15) is 21.6 Å². The fourth-order valence-corrected chi connectivity index (χ4v) is 3.95. The smallest absolute Gasteiger partial charge is 0.404 e. The van der Waals surface area contributed by atoms with Crippen LogP contribution in [-0.2, 0) is 10.0 Å². The molecule has 0 aliphatic rings. The second-order valence-corrected chi connectivity index (χ2v) is 7.55. The summed E-state index contributed by atoms with van der Waals surface area (Å²) in [4.78, 5) is -0.598. The Morgan fingerprint density at radius 1 is 1.16 bits per heavy atom. The Kier molecular flexibility index (Phi) is 5.79. The van der Waals surface area contributed by atoms with Crippen LogP contribution in [0.4, 0.5) is 18.9 Å². The third kappa shape index (κ3) is 4.76. The van der Waals surface area contributed by atoms with E-state index in [-0.39, 0.29) is 11.0 Å². The first-order chi connectivity index (χ1) is 11.6. The molecule has 134 valence electrons. The molecule has 0 unspecified atom stereocenters. The third-order valence-corrected chi connectivity index (χ3v) is 5.37. The van der Waals surface area contributed by atoms with Gasteiger partial charge in [0.15, 0.2) is 5.75 Å². The summed E-state index contributed by atoms with van der Waals surface area (Å²) in [6.07, 6.45) is -3.69. The van der Waals surface area contributed by atoms with Gasteiger partial charge in [-0.05, 0) is 30.3 Å². The number of hydrogen-bond donors (Lipinski definition) is 0. The molecule has 0 radical (unpaired) electrons. The fourth-order valence-electron chi connectivity index (χ4n) is 2.07. The topological polar surface area (TPSA) is 46.6 Å². The number of nitrogens with zero attached hydrogens (tertiary/aromatic N) is 1. The van der Waals surface area contributed by atoms with E-state index in [0.717, 1.165) is 16.4 Å². The molecular weight excluding hydrogens is 423 g/mol. The molecule has 25 heavy (non-hydrogen) atoms. The summed E-state index contributed by atoms with van der Waals surface area (Å²) in [5.41, 5.74) is 0.295. The molecule has 0 aliphatic carbocycles. The van der Waals surface area contributed by atoms with E-state index in [1.807, 2.05) is 0 Å². The highest BCUT2D eigenvalue weighted by Gasteiger charge is 2.35. The van der Waals surface area contributed by atoms with Crippen LogP contribution in [0.2, 0.25) is 0 Å². The van der Waals surface area contributed by atoms with Crippen LogP contribution >= 0.6 is 15.9 Å². The van der Waals surface area contributed by atoms with Crippen molar-refractivity contribution in [3.8, 4) is 5.75 Å². The molecule has 0 heterocycles. The van der Waals surface area contributed by atoms with Gasteiger partial charge in [-0.15, -0.1) is 19.8 Å². The number of para-hydroxylation sites is 1. The monoisotopic (exact) mass is 435 g/mol. The second kappa shape index (κ2) is 7.49. The Morgan fingerprint density at radius 2 is 1.80 bits per heavy atom. The molecular formula is C16H13BrF3NO3S. The molecule has 2 aromatic rings. The first-order valence-corrected chi connectivity index (χ1v) is 9.12. The summed E-state index contributed by atoms with van der Waals surface area (Å²) < 4.78 is 69.0. The van der Waals surface area contributed by atoms with Crippen LogP contribution in [0, 0.1) is 0 Å². The van der Waals surface area contributed by atoms with Gasteiger partial charge in [0.2, 0.25) is 0 Å². The van der Waals surface area contributed by atoms with E-state index in [4.69, 9.17) is 0 Å². The summed E-state index contributed by atoms with van der Waals surface area (Å²) in [5, 5.41) is 0. The number of sulfonamides is 1. The van der Waals surface area contributed by atoms with Crippen LogP contribution in [0.5, 0.6) is 5.75 Å². The Morgan fingerprint density at radius 3 is 2.36 bits per heavy atom.